The van der Waals surface area contributed by atoms with Gasteiger partial charge in [-0.15, -0.1) is 10.2 Å². The fourth-order valence-corrected chi connectivity index (χ4v) is 2.76. The van der Waals surface area contributed by atoms with E-state index < -0.39 is 0 Å². The SMILES string of the molecule is CC(C)N(Cc1nnc(-c2ccc(Cl)cc2)o1)C(=O)COc1ccccc1C#N. The summed E-state index contributed by atoms with van der Waals surface area (Å²) in [6.45, 7) is 3.73. The third kappa shape index (κ3) is 5.12. The lowest BCUT2D eigenvalue weighted by atomic mass is 10.2. The Bertz CT molecular complexity index is 1020. The quantitative estimate of drug-likeness (QED) is 0.582. The smallest absolute Gasteiger partial charge is 0.261 e. The van der Waals surface area contributed by atoms with Gasteiger partial charge in [-0.25, -0.2) is 0 Å². The second-order valence-electron chi connectivity index (χ2n) is 6.52. The molecule has 1 heterocycles. The zero-order valence-corrected chi connectivity index (χ0v) is 16.8. The van der Waals surface area contributed by atoms with Crippen LogP contribution >= 0.6 is 11.6 Å². The molecule has 2 aromatic carbocycles. The van der Waals surface area contributed by atoms with Crippen molar-refractivity contribution in [2.75, 3.05) is 6.61 Å². The minimum absolute atomic E-state index is 0.108. The van der Waals surface area contributed by atoms with Gasteiger partial charge in [0.05, 0.1) is 12.1 Å². The summed E-state index contributed by atoms with van der Waals surface area (Å²) in [4.78, 5) is 14.3. The van der Waals surface area contributed by atoms with E-state index in [4.69, 9.17) is 26.0 Å². The fourth-order valence-electron chi connectivity index (χ4n) is 2.64. The van der Waals surface area contributed by atoms with Gasteiger partial charge in [0.2, 0.25) is 11.8 Å². The summed E-state index contributed by atoms with van der Waals surface area (Å²) in [5.74, 6) is 0.787. The van der Waals surface area contributed by atoms with Crippen molar-refractivity contribution in [3.63, 3.8) is 0 Å². The first-order chi connectivity index (χ1) is 14.0. The number of halogens is 1. The average molecular weight is 411 g/mol. The molecule has 0 saturated heterocycles. The number of para-hydroxylation sites is 1. The molecule has 1 aromatic heterocycles. The second kappa shape index (κ2) is 9.22. The standard InChI is InChI=1S/C21H19ClN4O3/c1-14(2)26(20(27)13-28-18-6-4-3-5-16(18)11-23)12-19-24-25-21(29-19)15-7-9-17(22)10-8-15/h3-10,14H,12-13H2,1-2H3. The molecule has 0 saturated carbocycles. The summed E-state index contributed by atoms with van der Waals surface area (Å²) in [6.07, 6.45) is 0. The third-order valence-corrected chi connectivity index (χ3v) is 4.42. The molecule has 8 heteroatoms. The number of ether oxygens (including phenoxy) is 1. The largest absolute Gasteiger partial charge is 0.482 e. The fraction of sp³-hybridized carbons (Fsp3) is 0.238. The number of carbonyl (C=O) groups excluding carboxylic acids is 1. The molecule has 0 atom stereocenters. The lowest BCUT2D eigenvalue weighted by molar-refractivity contribution is -0.136. The van der Waals surface area contributed by atoms with Gasteiger partial charge >= 0.3 is 0 Å². The number of hydrogen-bond donors (Lipinski definition) is 0. The lowest BCUT2D eigenvalue weighted by Gasteiger charge is -2.25. The van der Waals surface area contributed by atoms with E-state index in [9.17, 15) is 4.79 Å². The highest BCUT2D eigenvalue weighted by molar-refractivity contribution is 6.30. The van der Waals surface area contributed by atoms with Gasteiger partial charge in [-0.05, 0) is 50.2 Å². The normalized spacial score (nSPS) is 10.6. The summed E-state index contributed by atoms with van der Waals surface area (Å²) in [5.41, 5.74) is 1.12. The molecule has 0 unspecified atom stereocenters. The van der Waals surface area contributed by atoms with Crippen LogP contribution in [0.4, 0.5) is 0 Å². The molecule has 0 aliphatic heterocycles. The van der Waals surface area contributed by atoms with Gasteiger partial charge in [-0.1, -0.05) is 23.7 Å². The summed E-state index contributed by atoms with van der Waals surface area (Å²) >= 11 is 5.90. The van der Waals surface area contributed by atoms with Crippen molar-refractivity contribution in [2.24, 2.45) is 0 Å². The Morgan fingerprint density at radius 2 is 1.93 bits per heavy atom. The molecule has 0 spiro atoms. The maximum atomic E-state index is 12.7. The van der Waals surface area contributed by atoms with E-state index in [0.717, 1.165) is 5.56 Å². The molecule has 0 aliphatic carbocycles. The number of nitrogens with zero attached hydrogens (tertiary/aromatic N) is 4. The Morgan fingerprint density at radius 1 is 1.21 bits per heavy atom. The van der Waals surface area contributed by atoms with Crippen molar-refractivity contribution >= 4 is 17.5 Å². The van der Waals surface area contributed by atoms with E-state index in [1.165, 1.54) is 0 Å². The molecular formula is C21H19ClN4O3. The minimum Gasteiger partial charge on any atom is -0.482 e. The number of carbonyl (C=O) groups is 1. The van der Waals surface area contributed by atoms with Crippen LogP contribution in [0, 0.1) is 11.3 Å². The van der Waals surface area contributed by atoms with Crippen LogP contribution in [0.2, 0.25) is 5.02 Å². The highest BCUT2D eigenvalue weighted by Crippen LogP contribution is 2.21. The van der Waals surface area contributed by atoms with E-state index in [1.807, 2.05) is 19.9 Å². The Hall–Kier alpha value is -3.37. The summed E-state index contributed by atoms with van der Waals surface area (Å²) in [6, 6.07) is 15.7. The van der Waals surface area contributed by atoms with Gasteiger partial charge in [0.1, 0.15) is 11.8 Å². The Kier molecular flexibility index (Phi) is 6.47. The minimum atomic E-state index is -0.251. The summed E-state index contributed by atoms with van der Waals surface area (Å²) in [7, 11) is 0. The van der Waals surface area contributed by atoms with E-state index in [-0.39, 0.29) is 25.1 Å². The maximum absolute atomic E-state index is 12.7. The first-order valence-electron chi connectivity index (χ1n) is 8.97. The number of aromatic nitrogens is 2. The van der Waals surface area contributed by atoms with Gasteiger partial charge in [0.15, 0.2) is 6.61 Å². The first kappa shape index (κ1) is 20.4. The molecule has 7 nitrogen and oxygen atoms in total. The molecule has 0 bridgehead atoms. The van der Waals surface area contributed by atoms with E-state index >= 15 is 0 Å². The highest BCUT2D eigenvalue weighted by Gasteiger charge is 2.21. The molecule has 0 radical (unpaired) electrons. The van der Waals surface area contributed by atoms with E-state index in [1.54, 1.807) is 53.4 Å². The maximum Gasteiger partial charge on any atom is 0.261 e. The molecule has 3 aromatic rings. The Balaban J connectivity index is 1.68. The van der Waals surface area contributed by atoms with Crippen LogP contribution in [-0.2, 0) is 11.3 Å². The van der Waals surface area contributed by atoms with Crippen LogP contribution in [0.5, 0.6) is 5.75 Å². The van der Waals surface area contributed by atoms with Gasteiger partial charge in [0, 0.05) is 16.6 Å². The second-order valence-corrected chi connectivity index (χ2v) is 6.96. The molecule has 148 valence electrons. The summed E-state index contributed by atoms with van der Waals surface area (Å²) < 4.78 is 11.2. The summed E-state index contributed by atoms with van der Waals surface area (Å²) in [5, 5.41) is 17.8. The number of rotatable bonds is 7. The molecule has 1 amide bonds. The van der Waals surface area contributed by atoms with E-state index in [2.05, 4.69) is 10.2 Å². The van der Waals surface area contributed by atoms with Gasteiger partial charge in [0.25, 0.3) is 5.91 Å². The van der Waals surface area contributed by atoms with Crippen molar-refractivity contribution in [2.45, 2.75) is 26.4 Å². The predicted octanol–water partition coefficient (Wildman–Crippen LogP) is 4.08. The Morgan fingerprint density at radius 3 is 2.62 bits per heavy atom. The molecular weight excluding hydrogens is 392 g/mol. The van der Waals surface area contributed by atoms with Crippen LogP contribution in [0.1, 0.15) is 25.3 Å². The van der Waals surface area contributed by atoms with Crippen molar-refractivity contribution in [3.05, 3.63) is 65.0 Å². The number of benzene rings is 2. The Labute approximate surface area is 173 Å². The average Bonchev–Trinajstić information content (AvgIpc) is 3.19. The van der Waals surface area contributed by atoms with Crippen LogP contribution in [-0.4, -0.2) is 33.7 Å². The van der Waals surface area contributed by atoms with Gasteiger partial charge in [-0.2, -0.15) is 5.26 Å². The van der Waals surface area contributed by atoms with E-state index in [0.29, 0.717) is 28.1 Å². The molecule has 29 heavy (non-hydrogen) atoms. The van der Waals surface area contributed by atoms with Gasteiger partial charge < -0.3 is 14.1 Å². The number of nitriles is 1. The lowest BCUT2D eigenvalue weighted by Crippen LogP contribution is -2.39. The third-order valence-electron chi connectivity index (χ3n) is 4.17. The monoisotopic (exact) mass is 410 g/mol. The zero-order chi connectivity index (χ0) is 20.8. The van der Waals surface area contributed by atoms with Crippen molar-refractivity contribution < 1.29 is 13.9 Å². The number of amides is 1. The predicted molar refractivity (Wildman–Crippen MR) is 107 cm³/mol. The van der Waals surface area contributed by atoms with Gasteiger partial charge in [-0.3, -0.25) is 4.79 Å². The van der Waals surface area contributed by atoms with Crippen LogP contribution in [0.3, 0.4) is 0 Å². The molecule has 0 fully saturated rings. The van der Waals surface area contributed by atoms with Crippen LogP contribution in [0.15, 0.2) is 52.9 Å². The number of hydrogen-bond acceptors (Lipinski definition) is 6. The molecule has 0 aliphatic rings. The van der Waals surface area contributed by atoms with Crippen molar-refractivity contribution in [3.8, 4) is 23.3 Å². The van der Waals surface area contributed by atoms with Crippen molar-refractivity contribution in [1.29, 1.82) is 5.26 Å². The first-order valence-corrected chi connectivity index (χ1v) is 9.35. The highest BCUT2D eigenvalue weighted by atomic mass is 35.5. The zero-order valence-electron chi connectivity index (χ0n) is 16.0. The van der Waals surface area contributed by atoms with Crippen LogP contribution < -0.4 is 4.74 Å². The molecule has 0 N–H and O–H groups in total. The molecule has 3 rings (SSSR count). The topological polar surface area (TPSA) is 92.2 Å². The van der Waals surface area contributed by atoms with Crippen molar-refractivity contribution in [1.82, 2.24) is 15.1 Å². The van der Waals surface area contributed by atoms with Crippen LogP contribution in [0.25, 0.3) is 11.5 Å².